The summed E-state index contributed by atoms with van der Waals surface area (Å²) in [5.41, 5.74) is 0.145. The second-order valence-electron chi connectivity index (χ2n) is 4.40. The average Bonchev–Trinajstić information content (AvgIpc) is 3.18. The molecule has 7 nitrogen and oxygen atoms in total. The summed E-state index contributed by atoms with van der Waals surface area (Å²) in [4.78, 5) is 16.0. The molecule has 2 heterocycles. The van der Waals surface area contributed by atoms with E-state index < -0.39 is 5.78 Å². The molecule has 0 radical (unpaired) electrons. The molecule has 0 aliphatic carbocycles. The van der Waals surface area contributed by atoms with Crippen LogP contribution in [0.5, 0.6) is 11.7 Å². The van der Waals surface area contributed by atoms with Gasteiger partial charge in [-0.1, -0.05) is 17.7 Å². The Morgan fingerprint density at radius 3 is 3.00 bits per heavy atom. The molecule has 23 heavy (non-hydrogen) atoms. The smallest absolute Gasteiger partial charge is 0.301 e. The van der Waals surface area contributed by atoms with Gasteiger partial charge in [0.25, 0.3) is 0 Å². The molecule has 0 unspecified atom stereocenters. The Bertz CT molecular complexity index is 855. The highest BCUT2D eigenvalue weighted by atomic mass is 35.5. The van der Waals surface area contributed by atoms with Gasteiger partial charge in [0.05, 0.1) is 6.26 Å². The molecule has 0 amide bonds. The van der Waals surface area contributed by atoms with Crippen molar-refractivity contribution < 1.29 is 19.1 Å². The first-order chi connectivity index (χ1) is 11.1. The fourth-order valence-corrected chi connectivity index (χ4v) is 1.97. The summed E-state index contributed by atoms with van der Waals surface area (Å²) in [5.74, 6) is -0.455. The number of rotatable bonds is 5. The van der Waals surface area contributed by atoms with Crippen LogP contribution in [0, 0.1) is 0 Å². The number of hydrogen-bond acceptors (Lipinski definition) is 6. The van der Waals surface area contributed by atoms with E-state index >= 15 is 0 Å². The van der Waals surface area contributed by atoms with E-state index in [0.29, 0.717) is 10.8 Å². The predicted octanol–water partition coefficient (Wildman–Crippen LogP) is 3.63. The lowest BCUT2D eigenvalue weighted by Gasteiger charge is -2.04. The number of benzene rings is 1. The summed E-state index contributed by atoms with van der Waals surface area (Å²) in [7, 11) is 0. The van der Waals surface area contributed by atoms with Crippen molar-refractivity contribution in [2.45, 2.75) is 0 Å². The molecule has 0 bridgehead atoms. The molecule has 0 spiro atoms. The molecule has 2 N–H and O–H groups in total. The van der Waals surface area contributed by atoms with E-state index in [9.17, 15) is 9.90 Å². The van der Waals surface area contributed by atoms with Gasteiger partial charge in [0.2, 0.25) is 5.82 Å². The minimum Gasteiger partial charge on any atom is -0.504 e. The monoisotopic (exact) mass is 331 g/mol. The summed E-state index contributed by atoms with van der Waals surface area (Å²) in [5, 5.41) is 16.4. The van der Waals surface area contributed by atoms with Crippen molar-refractivity contribution in [1.82, 2.24) is 15.2 Å². The van der Waals surface area contributed by atoms with E-state index in [1.807, 2.05) is 0 Å². The number of furan rings is 1. The van der Waals surface area contributed by atoms with Gasteiger partial charge >= 0.3 is 5.95 Å². The molecule has 116 valence electrons. The number of nitrogens with one attached hydrogen (secondary N) is 1. The van der Waals surface area contributed by atoms with Crippen LogP contribution in [-0.4, -0.2) is 26.1 Å². The van der Waals surface area contributed by atoms with Crippen LogP contribution in [0.25, 0.3) is 5.76 Å². The Hall–Kier alpha value is -3.06. The van der Waals surface area contributed by atoms with Crippen LogP contribution >= 0.6 is 11.6 Å². The predicted molar refractivity (Wildman–Crippen MR) is 81.6 cm³/mol. The summed E-state index contributed by atoms with van der Waals surface area (Å²) in [6.07, 6.45) is 3.58. The maximum Gasteiger partial charge on any atom is 0.301 e. The number of aromatic amines is 1. The lowest BCUT2D eigenvalue weighted by Crippen LogP contribution is -1.98. The van der Waals surface area contributed by atoms with Crippen molar-refractivity contribution in [3.8, 4) is 11.7 Å². The molecule has 2 aromatic heterocycles. The number of aromatic nitrogens is 3. The topological polar surface area (TPSA) is 101 Å². The number of ether oxygens (including phenoxy) is 1. The van der Waals surface area contributed by atoms with Gasteiger partial charge < -0.3 is 14.3 Å². The van der Waals surface area contributed by atoms with Gasteiger partial charge in [0.1, 0.15) is 17.6 Å². The zero-order valence-electron chi connectivity index (χ0n) is 11.6. The first-order valence-corrected chi connectivity index (χ1v) is 6.83. The van der Waals surface area contributed by atoms with Crippen molar-refractivity contribution in [3.05, 3.63) is 65.4 Å². The summed E-state index contributed by atoms with van der Waals surface area (Å²) in [6.45, 7) is 0. The Morgan fingerprint density at radius 2 is 2.26 bits per heavy atom. The Morgan fingerprint density at radius 1 is 1.39 bits per heavy atom. The molecule has 1 aromatic carbocycles. The van der Waals surface area contributed by atoms with Crippen LogP contribution in [0.3, 0.4) is 0 Å². The number of carbonyl (C=O) groups is 1. The summed E-state index contributed by atoms with van der Waals surface area (Å²) in [6, 6.07) is 8.09. The largest absolute Gasteiger partial charge is 0.504 e. The Labute approximate surface area is 135 Å². The van der Waals surface area contributed by atoms with Gasteiger partial charge in [0, 0.05) is 11.1 Å². The van der Waals surface area contributed by atoms with Crippen molar-refractivity contribution in [2.24, 2.45) is 0 Å². The molecule has 0 saturated heterocycles. The summed E-state index contributed by atoms with van der Waals surface area (Å²) < 4.78 is 10.7. The highest BCUT2D eigenvalue weighted by Gasteiger charge is 2.17. The number of aliphatic hydroxyl groups is 1. The van der Waals surface area contributed by atoms with Gasteiger partial charge in [-0.05, 0) is 24.3 Å². The van der Waals surface area contributed by atoms with Crippen LogP contribution in [0.1, 0.15) is 16.2 Å². The number of hydrogen-bond donors (Lipinski definition) is 2. The molecule has 0 aliphatic rings. The lowest BCUT2D eigenvalue weighted by molar-refractivity contribution is 0.104. The maximum absolute atomic E-state index is 12.2. The number of carbonyl (C=O) groups excluding carboxylic acids is 1. The molecular weight excluding hydrogens is 322 g/mol. The van der Waals surface area contributed by atoms with Crippen LogP contribution in [0.15, 0.2) is 53.4 Å². The van der Waals surface area contributed by atoms with Crippen LogP contribution in [-0.2, 0) is 0 Å². The third-order valence-electron chi connectivity index (χ3n) is 2.81. The normalized spacial score (nSPS) is 11.4. The van der Waals surface area contributed by atoms with Crippen molar-refractivity contribution in [2.75, 3.05) is 0 Å². The second kappa shape index (κ2) is 6.37. The molecule has 0 aliphatic heterocycles. The fraction of sp³-hybridized carbons (Fsp3) is 0. The SMILES string of the molecule is O=C(C=C(O)c1nc[nH]n1)c1ccoc1Oc1cccc(Cl)c1. The standard InChI is InChI=1S/C15H10ClN3O4/c16-9-2-1-3-10(6-9)23-15-11(4-5-22-15)12(20)7-13(21)14-17-8-18-19-14/h1-8,21H,(H,17,18,19). The Balaban J connectivity index is 1.83. The van der Waals surface area contributed by atoms with Gasteiger partial charge in [-0.25, -0.2) is 4.98 Å². The number of H-pyrrole nitrogens is 1. The number of allylic oxidation sites excluding steroid dienone is 1. The van der Waals surface area contributed by atoms with E-state index in [-0.39, 0.29) is 23.1 Å². The first kappa shape index (κ1) is 14.9. The lowest BCUT2D eigenvalue weighted by atomic mass is 10.2. The van der Waals surface area contributed by atoms with Gasteiger partial charge in [-0.15, -0.1) is 0 Å². The van der Waals surface area contributed by atoms with Crippen LogP contribution in [0.2, 0.25) is 5.02 Å². The second-order valence-corrected chi connectivity index (χ2v) is 4.83. The minimum absolute atomic E-state index is 0.00342. The van der Waals surface area contributed by atoms with Crippen molar-refractivity contribution >= 4 is 23.1 Å². The molecule has 0 fully saturated rings. The summed E-state index contributed by atoms with van der Waals surface area (Å²) >= 11 is 5.88. The van der Waals surface area contributed by atoms with Gasteiger partial charge in [-0.3, -0.25) is 9.89 Å². The number of ketones is 1. The molecule has 8 heteroatoms. The zero-order valence-corrected chi connectivity index (χ0v) is 12.3. The minimum atomic E-state index is -0.516. The molecule has 0 saturated carbocycles. The Kier molecular flexibility index (Phi) is 4.11. The van der Waals surface area contributed by atoms with Gasteiger partial charge in [0.15, 0.2) is 11.5 Å². The van der Waals surface area contributed by atoms with E-state index in [1.165, 1.54) is 18.7 Å². The highest BCUT2D eigenvalue weighted by molar-refractivity contribution is 6.30. The highest BCUT2D eigenvalue weighted by Crippen LogP contribution is 2.28. The molecule has 0 atom stereocenters. The third-order valence-corrected chi connectivity index (χ3v) is 3.05. The van der Waals surface area contributed by atoms with Crippen molar-refractivity contribution in [3.63, 3.8) is 0 Å². The zero-order chi connectivity index (χ0) is 16.2. The number of nitrogens with zero attached hydrogens (tertiary/aromatic N) is 2. The quantitative estimate of drug-likeness (QED) is 0.420. The number of halogens is 1. The van der Waals surface area contributed by atoms with E-state index in [4.69, 9.17) is 20.8 Å². The van der Waals surface area contributed by atoms with E-state index in [0.717, 1.165) is 6.08 Å². The number of aliphatic hydroxyl groups excluding tert-OH is 1. The molecular formula is C15H10ClN3O4. The van der Waals surface area contributed by atoms with Crippen molar-refractivity contribution in [1.29, 1.82) is 0 Å². The first-order valence-electron chi connectivity index (χ1n) is 6.45. The van der Waals surface area contributed by atoms with E-state index in [1.54, 1.807) is 24.3 Å². The molecule has 3 aromatic rings. The van der Waals surface area contributed by atoms with Crippen LogP contribution < -0.4 is 4.74 Å². The third kappa shape index (κ3) is 3.41. The average molecular weight is 332 g/mol. The van der Waals surface area contributed by atoms with Crippen LogP contribution in [0.4, 0.5) is 0 Å². The maximum atomic E-state index is 12.2. The molecule has 3 rings (SSSR count). The van der Waals surface area contributed by atoms with E-state index in [2.05, 4.69) is 15.2 Å². The van der Waals surface area contributed by atoms with Gasteiger partial charge in [-0.2, -0.15) is 5.10 Å². The fourth-order valence-electron chi connectivity index (χ4n) is 1.79.